The van der Waals surface area contributed by atoms with E-state index in [4.69, 9.17) is 15.5 Å². The quantitative estimate of drug-likeness (QED) is 0.370. The fraction of sp³-hybridized carbons (Fsp3) is 0.750. The van der Waals surface area contributed by atoms with Crippen molar-refractivity contribution < 1.29 is 4.43 Å². The van der Waals surface area contributed by atoms with Crippen LogP contribution < -0.4 is 0 Å². The molecule has 1 nitrogen and oxygen atoms in total. The molecule has 0 spiro atoms. The third-order valence-electron chi connectivity index (χ3n) is 1.28. The molecule has 0 aromatic heterocycles. The summed E-state index contributed by atoms with van der Waals surface area (Å²) in [6.45, 7) is 10.5. The first-order valence-electron chi connectivity index (χ1n) is 3.89. The Bertz CT molecular complexity index is 120. The zero-order chi connectivity index (χ0) is 8.91. The predicted molar refractivity (Wildman–Crippen MR) is 53.3 cm³/mol. The molecule has 0 saturated heterocycles. The average Bonchev–Trinajstić information content (AvgIpc) is 1.83. The third-order valence-corrected chi connectivity index (χ3v) is 2.46. The SMILES string of the molecule is C=CCC(C)CO[Si](C)(C)Cl. The van der Waals surface area contributed by atoms with Gasteiger partial charge >= 0.3 is 0 Å². The van der Waals surface area contributed by atoms with E-state index >= 15 is 0 Å². The van der Waals surface area contributed by atoms with Crippen LogP contribution in [0, 0.1) is 5.92 Å². The lowest BCUT2D eigenvalue weighted by Gasteiger charge is -2.17. The maximum Gasteiger partial charge on any atom is 0.283 e. The van der Waals surface area contributed by atoms with E-state index in [0.29, 0.717) is 5.92 Å². The molecule has 0 saturated carbocycles. The normalized spacial score (nSPS) is 14.5. The van der Waals surface area contributed by atoms with Crippen LogP contribution >= 0.6 is 11.1 Å². The largest absolute Gasteiger partial charge is 0.403 e. The van der Waals surface area contributed by atoms with Gasteiger partial charge in [-0.1, -0.05) is 13.0 Å². The van der Waals surface area contributed by atoms with Crippen molar-refractivity contribution in [1.29, 1.82) is 0 Å². The van der Waals surface area contributed by atoms with Gasteiger partial charge in [-0.3, -0.25) is 0 Å². The van der Waals surface area contributed by atoms with Crippen molar-refractivity contribution in [3.8, 4) is 0 Å². The second-order valence-electron chi connectivity index (χ2n) is 3.30. The summed E-state index contributed by atoms with van der Waals surface area (Å²) in [7, 11) is -1.81. The third kappa shape index (κ3) is 8.11. The first-order chi connectivity index (χ1) is 4.95. The summed E-state index contributed by atoms with van der Waals surface area (Å²) >= 11 is 5.97. The van der Waals surface area contributed by atoms with Crippen LogP contribution in [0.5, 0.6) is 0 Å². The van der Waals surface area contributed by atoms with Crippen molar-refractivity contribution in [2.24, 2.45) is 5.92 Å². The molecule has 0 heterocycles. The Morgan fingerprint density at radius 1 is 1.64 bits per heavy atom. The fourth-order valence-electron chi connectivity index (χ4n) is 0.693. The van der Waals surface area contributed by atoms with Crippen molar-refractivity contribution in [1.82, 2.24) is 0 Å². The Balaban J connectivity index is 3.45. The highest BCUT2D eigenvalue weighted by Gasteiger charge is 2.18. The highest BCUT2D eigenvalue weighted by Crippen LogP contribution is 2.12. The number of hydrogen-bond acceptors (Lipinski definition) is 1. The minimum atomic E-state index is -1.81. The molecular weight excluding hydrogens is 176 g/mol. The van der Waals surface area contributed by atoms with Crippen LogP contribution in [0.2, 0.25) is 13.1 Å². The number of hydrogen-bond donors (Lipinski definition) is 0. The molecule has 11 heavy (non-hydrogen) atoms. The van der Waals surface area contributed by atoms with Crippen molar-refractivity contribution in [3.63, 3.8) is 0 Å². The standard InChI is InChI=1S/C8H17ClOSi/c1-5-6-8(2)7-10-11(3,4)9/h5,8H,1,6-7H2,2-4H3. The molecule has 0 aromatic rings. The Morgan fingerprint density at radius 3 is 2.55 bits per heavy atom. The van der Waals surface area contributed by atoms with Gasteiger partial charge in [-0.25, -0.2) is 0 Å². The van der Waals surface area contributed by atoms with Crippen LogP contribution in [-0.4, -0.2) is 14.2 Å². The van der Waals surface area contributed by atoms with E-state index < -0.39 is 7.63 Å². The molecule has 0 aliphatic rings. The Morgan fingerprint density at radius 2 is 2.18 bits per heavy atom. The van der Waals surface area contributed by atoms with Gasteiger partial charge in [0.05, 0.1) is 0 Å². The van der Waals surface area contributed by atoms with Gasteiger partial charge in [-0.15, -0.1) is 17.7 Å². The molecule has 0 radical (unpaired) electrons. The van der Waals surface area contributed by atoms with Gasteiger partial charge in [0.2, 0.25) is 0 Å². The molecule has 0 bridgehead atoms. The van der Waals surface area contributed by atoms with Gasteiger partial charge in [-0.05, 0) is 25.4 Å². The summed E-state index contributed by atoms with van der Waals surface area (Å²) in [5, 5.41) is 0. The lowest BCUT2D eigenvalue weighted by Crippen LogP contribution is -2.25. The first-order valence-corrected chi connectivity index (χ1v) is 7.81. The average molecular weight is 193 g/mol. The van der Waals surface area contributed by atoms with E-state index in [-0.39, 0.29) is 0 Å². The van der Waals surface area contributed by atoms with Gasteiger partial charge in [0.1, 0.15) is 0 Å². The van der Waals surface area contributed by atoms with Crippen molar-refractivity contribution >= 4 is 18.7 Å². The number of rotatable bonds is 5. The van der Waals surface area contributed by atoms with Crippen molar-refractivity contribution in [2.45, 2.75) is 26.4 Å². The molecule has 1 unspecified atom stereocenters. The van der Waals surface area contributed by atoms with Crippen molar-refractivity contribution in [3.05, 3.63) is 12.7 Å². The zero-order valence-corrected chi connectivity index (χ0v) is 9.32. The summed E-state index contributed by atoms with van der Waals surface area (Å²) in [6, 6.07) is 0. The number of halogens is 1. The highest BCUT2D eigenvalue weighted by molar-refractivity contribution is 7.15. The summed E-state index contributed by atoms with van der Waals surface area (Å²) in [5.74, 6) is 0.540. The maximum atomic E-state index is 5.97. The molecule has 0 fully saturated rings. The second-order valence-corrected chi connectivity index (χ2v) is 9.05. The summed E-state index contributed by atoms with van der Waals surface area (Å²) in [4.78, 5) is 0. The smallest absolute Gasteiger partial charge is 0.283 e. The lowest BCUT2D eigenvalue weighted by atomic mass is 10.1. The minimum absolute atomic E-state index is 0.540. The maximum absolute atomic E-state index is 5.97. The van der Waals surface area contributed by atoms with E-state index in [2.05, 4.69) is 13.5 Å². The molecule has 66 valence electrons. The van der Waals surface area contributed by atoms with Crippen LogP contribution in [-0.2, 0) is 4.43 Å². The van der Waals surface area contributed by atoms with E-state index in [1.54, 1.807) is 0 Å². The minimum Gasteiger partial charge on any atom is -0.403 e. The predicted octanol–water partition coefficient (Wildman–Crippen LogP) is 3.16. The van der Waals surface area contributed by atoms with Gasteiger partial charge in [-0.2, -0.15) is 0 Å². The molecule has 3 heteroatoms. The summed E-state index contributed by atoms with van der Waals surface area (Å²) < 4.78 is 5.50. The Kier molecular flexibility index (Phi) is 5.05. The molecule has 0 amide bonds. The second kappa shape index (κ2) is 4.96. The van der Waals surface area contributed by atoms with Crippen LogP contribution in [0.1, 0.15) is 13.3 Å². The van der Waals surface area contributed by atoms with Crippen LogP contribution in [0.25, 0.3) is 0 Å². The molecule has 1 atom stereocenters. The van der Waals surface area contributed by atoms with Gasteiger partial charge in [0, 0.05) is 6.61 Å². The molecular formula is C8H17ClOSi. The van der Waals surface area contributed by atoms with E-state index in [0.717, 1.165) is 13.0 Å². The number of allylic oxidation sites excluding steroid dienone is 1. The first kappa shape index (κ1) is 11.2. The molecule has 0 rings (SSSR count). The Labute approximate surface area is 75.2 Å². The summed E-state index contributed by atoms with van der Waals surface area (Å²) in [5.41, 5.74) is 0. The molecule has 0 aliphatic heterocycles. The van der Waals surface area contributed by atoms with Crippen molar-refractivity contribution in [2.75, 3.05) is 6.61 Å². The van der Waals surface area contributed by atoms with E-state index in [9.17, 15) is 0 Å². The lowest BCUT2D eigenvalue weighted by molar-refractivity contribution is 0.262. The van der Waals surface area contributed by atoms with Gasteiger partial charge in [0.15, 0.2) is 0 Å². The van der Waals surface area contributed by atoms with E-state index in [1.165, 1.54) is 0 Å². The van der Waals surface area contributed by atoms with Gasteiger partial charge < -0.3 is 4.43 Å². The summed E-state index contributed by atoms with van der Waals surface area (Å²) in [6.07, 6.45) is 2.91. The fourth-order valence-corrected chi connectivity index (χ4v) is 1.56. The molecule has 0 aromatic carbocycles. The van der Waals surface area contributed by atoms with Gasteiger partial charge in [0.25, 0.3) is 7.63 Å². The Hall–Kier alpha value is 0.207. The van der Waals surface area contributed by atoms with Crippen LogP contribution in [0.3, 0.4) is 0 Å². The van der Waals surface area contributed by atoms with Crippen LogP contribution in [0.15, 0.2) is 12.7 Å². The zero-order valence-electron chi connectivity index (χ0n) is 7.56. The highest BCUT2D eigenvalue weighted by atomic mass is 35.6. The van der Waals surface area contributed by atoms with Crippen LogP contribution in [0.4, 0.5) is 0 Å². The monoisotopic (exact) mass is 192 g/mol. The van der Waals surface area contributed by atoms with E-state index in [1.807, 2.05) is 19.2 Å². The molecule has 0 N–H and O–H groups in total. The topological polar surface area (TPSA) is 9.23 Å². The molecule has 0 aliphatic carbocycles.